The van der Waals surface area contributed by atoms with Crippen molar-refractivity contribution in [3.05, 3.63) is 30.1 Å². The van der Waals surface area contributed by atoms with Gasteiger partial charge in [-0.15, -0.1) is 0 Å². The second kappa shape index (κ2) is 7.85. The fraction of sp³-hybridized carbons (Fsp3) is 0.579. The quantitative estimate of drug-likeness (QED) is 0.787. The largest absolute Gasteiger partial charge is 0.366 e. The molecule has 2 saturated heterocycles. The molecule has 0 atom stereocenters. The van der Waals surface area contributed by atoms with Crippen molar-refractivity contribution >= 4 is 17.5 Å². The summed E-state index contributed by atoms with van der Waals surface area (Å²) in [5.74, 6) is 0.244. The van der Waals surface area contributed by atoms with E-state index in [-0.39, 0.29) is 24.1 Å². The van der Waals surface area contributed by atoms with E-state index in [0.29, 0.717) is 37.8 Å². The average Bonchev–Trinajstić information content (AvgIpc) is 2.63. The zero-order chi connectivity index (χ0) is 17.8. The van der Waals surface area contributed by atoms with Crippen LogP contribution in [0.3, 0.4) is 0 Å². The first kappa shape index (κ1) is 17.7. The lowest BCUT2D eigenvalue weighted by atomic mass is 9.99. The number of hydrogen-bond donors (Lipinski definition) is 0. The van der Waals surface area contributed by atoms with Gasteiger partial charge in [0, 0.05) is 39.3 Å². The molecule has 25 heavy (non-hydrogen) atoms. The van der Waals surface area contributed by atoms with Crippen molar-refractivity contribution in [2.45, 2.75) is 26.2 Å². The van der Waals surface area contributed by atoms with Crippen LogP contribution in [-0.4, -0.2) is 60.9 Å². The minimum atomic E-state index is -0.239. The summed E-state index contributed by atoms with van der Waals surface area (Å²) in [6, 6.07) is 6.69. The molecule has 3 rings (SSSR count). The van der Waals surface area contributed by atoms with E-state index in [1.54, 1.807) is 17.0 Å². The summed E-state index contributed by atoms with van der Waals surface area (Å²) in [5, 5.41) is 0. The van der Waals surface area contributed by atoms with Crippen LogP contribution in [0.4, 0.5) is 10.1 Å². The van der Waals surface area contributed by atoms with Gasteiger partial charge in [0.05, 0.1) is 5.69 Å². The molecule has 1 aromatic rings. The first-order valence-electron chi connectivity index (χ1n) is 9.09. The number of carbonyl (C=O) groups is 2. The van der Waals surface area contributed by atoms with Crippen LogP contribution in [0.2, 0.25) is 0 Å². The van der Waals surface area contributed by atoms with Crippen molar-refractivity contribution in [1.82, 2.24) is 9.80 Å². The van der Waals surface area contributed by atoms with E-state index >= 15 is 0 Å². The molecule has 136 valence electrons. The van der Waals surface area contributed by atoms with Gasteiger partial charge in [-0.05, 0) is 30.9 Å². The lowest BCUT2D eigenvalue weighted by Gasteiger charge is -2.36. The van der Waals surface area contributed by atoms with Crippen LogP contribution in [0, 0.1) is 11.7 Å². The molecule has 6 heteroatoms. The van der Waals surface area contributed by atoms with Gasteiger partial charge in [0.25, 0.3) is 0 Å². The van der Waals surface area contributed by atoms with Crippen molar-refractivity contribution < 1.29 is 14.0 Å². The molecule has 2 aliphatic rings. The molecular formula is C19H26FN3O2. The minimum Gasteiger partial charge on any atom is -0.366 e. The number of anilines is 1. The SMILES string of the molecule is CC1CCN(C(=O)CC(=O)N2CCN(c3ccccc3F)CC2)CC1. The van der Waals surface area contributed by atoms with Gasteiger partial charge >= 0.3 is 0 Å². The number of rotatable bonds is 3. The van der Waals surface area contributed by atoms with E-state index in [1.807, 2.05) is 15.9 Å². The maximum atomic E-state index is 13.9. The lowest BCUT2D eigenvalue weighted by molar-refractivity contribution is -0.141. The Kier molecular flexibility index (Phi) is 5.56. The number of likely N-dealkylation sites (tertiary alicyclic amines) is 1. The Morgan fingerprint density at radius 2 is 1.52 bits per heavy atom. The molecule has 0 bridgehead atoms. The zero-order valence-corrected chi connectivity index (χ0v) is 14.8. The average molecular weight is 347 g/mol. The Bertz CT molecular complexity index is 621. The molecule has 0 aromatic heterocycles. The highest BCUT2D eigenvalue weighted by atomic mass is 19.1. The van der Waals surface area contributed by atoms with E-state index in [4.69, 9.17) is 0 Å². The highest BCUT2D eigenvalue weighted by Crippen LogP contribution is 2.21. The van der Waals surface area contributed by atoms with E-state index in [9.17, 15) is 14.0 Å². The first-order chi connectivity index (χ1) is 12.0. The predicted molar refractivity (Wildman–Crippen MR) is 94.8 cm³/mol. The summed E-state index contributed by atoms with van der Waals surface area (Å²) in [7, 11) is 0. The maximum Gasteiger partial charge on any atom is 0.232 e. The Morgan fingerprint density at radius 3 is 2.12 bits per heavy atom. The molecule has 0 radical (unpaired) electrons. The molecular weight excluding hydrogens is 321 g/mol. The lowest BCUT2D eigenvalue weighted by Crippen LogP contribution is -2.50. The fourth-order valence-electron chi connectivity index (χ4n) is 3.52. The third kappa shape index (κ3) is 4.30. The van der Waals surface area contributed by atoms with Crippen molar-refractivity contribution in [3.63, 3.8) is 0 Å². The second-order valence-electron chi connectivity index (χ2n) is 7.06. The fourth-order valence-corrected chi connectivity index (χ4v) is 3.52. The Hall–Kier alpha value is -2.11. The highest BCUT2D eigenvalue weighted by Gasteiger charge is 2.27. The molecule has 2 heterocycles. The van der Waals surface area contributed by atoms with E-state index < -0.39 is 0 Å². The molecule has 0 N–H and O–H groups in total. The summed E-state index contributed by atoms with van der Waals surface area (Å²) in [5.41, 5.74) is 0.577. The summed E-state index contributed by atoms with van der Waals surface area (Å²) in [4.78, 5) is 30.2. The third-order valence-corrected chi connectivity index (χ3v) is 5.26. The summed E-state index contributed by atoms with van der Waals surface area (Å²) < 4.78 is 13.9. The maximum absolute atomic E-state index is 13.9. The van der Waals surface area contributed by atoms with Gasteiger partial charge < -0.3 is 14.7 Å². The molecule has 0 spiro atoms. The number of carbonyl (C=O) groups excluding carboxylic acids is 2. The van der Waals surface area contributed by atoms with Gasteiger partial charge in [0.15, 0.2) is 0 Å². The van der Waals surface area contributed by atoms with Crippen LogP contribution in [0.1, 0.15) is 26.2 Å². The predicted octanol–water partition coefficient (Wildman–Crippen LogP) is 2.12. The number of halogens is 1. The van der Waals surface area contributed by atoms with Crippen molar-refractivity contribution in [2.75, 3.05) is 44.2 Å². The highest BCUT2D eigenvalue weighted by molar-refractivity contribution is 5.97. The van der Waals surface area contributed by atoms with Crippen molar-refractivity contribution in [3.8, 4) is 0 Å². The van der Waals surface area contributed by atoms with Crippen LogP contribution >= 0.6 is 0 Å². The van der Waals surface area contributed by atoms with Crippen LogP contribution in [0.15, 0.2) is 24.3 Å². The molecule has 0 unspecified atom stereocenters. The van der Waals surface area contributed by atoms with E-state index in [0.717, 1.165) is 25.9 Å². The zero-order valence-electron chi connectivity index (χ0n) is 14.8. The second-order valence-corrected chi connectivity index (χ2v) is 7.06. The van der Waals surface area contributed by atoms with Gasteiger partial charge in [-0.3, -0.25) is 9.59 Å². The van der Waals surface area contributed by atoms with Crippen LogP contribution in [0.5, 0.6) is 0 Å². The van der Waals surface area contributed by atoms with Gasteiger partial charge in [-0.1, -0.05) is 19.1 Å². The van der Waals surface area contributed by atoms with E-state index in [1.165, 1.54) is 6.07 Å². The van der Waals surface area contributed by atoms with Gasteiger partial charge in [0.1, 0.15) is 12.2 Å². The number of hydrogen-bond acceptors (Lipinski definition) is 3. The van der Waals surface area contributed by atoms with Crippen LogP contribution < -0.4 is 4.90 Å². The van der Waals surface area contributed by atoms with Crippen LogP contribution in [0.25, 0.3) is 0 Å². The smallest absolute Gasteiger partial charge is 0.232 e. The minimum absolute atomic E-state index is 0.0475. The first-order valence-corrected chi connectivity index (χ1v) is 9.09. The van der Waals surface area contributed by atoms with E-state index in [2.05, 4.69) is 6.92 Å². The molecule has 0 aliphatic carbocycles. The summed E-state index contributed by atoms with van der Waals surface area (Å²) in [6.45, 7) is 5.93. The number of piperazine rings is 1. The molecule has 2 fully saturated rings. The van der Waals surface area contributed by atoms with Crippen molar-refractivity contribution in [1.29, 1.82) is 0 Å². The molecule has 1 aromatic carbocycles. The number of piperidine rings is 1. The number of nitrogens with zero attached hydrogens (tertiary/aromatic N) is 3. The number of amides is 2. The summed E-state index contributed by atoms with van der Waals surface area (Å²) in [6.07, 6.45) is 1.98. The van der Waals surface area contributed by atoms with Gasteiger partial charge in [-0.2, -0.15) is 0 Å². The molecule has 5 nitrogen and oxygen atoms in total. The van der Waals surface area contributed by atoms with Gasteiger partial charge in [0.2, 0.25) is 11.8 Å². The molecule has 2 aliphatic heterocycles. The monoisotopic (exact) mass is 347 g/mol. The standard InChI is InChI=1S/C19H26FN3O2/c1-15-6-8-22(9-7-15)18(24)14-19(25)23-12-10-21(11-13-23)17-5-3-2-4-16(17)20/h2-5,15H,6-14H2,1H3. The normalized spacial score (nSPS) is 19.2. The molecule has 0 saturated carbocycles. The topological polar surface area (TPSA) is 43.9 Å². The Labute approximate surface area is 148 Å². The number of para-hydroxylation sites is 1. The summed E-state index contributed by atoms with van der Waals surface area (Å²) >= 11 is 0. The van der Waals surface area contributed by atoms with Gasteiger partial charge in [-0.25, -0.2) is 4.39 Å². The number of benzene rings is 1. The van der Waals surface area contributed by atoms with Crippen molar-refractivity contribution in [2.24, 2.45) is 5.92 Å². The third-order valence-electron chi connectivity index (χ3n) is 5.26. The van der Waals surface area contributed by atoms with Crippen LogP contribution in [-0.2, 0) is 9.59 Å². The molecule has 2 amide bonds. The Morgan fingerprint density at radius 1 is 0.960 bits per heavy atom. The Balaban J connectivity index is 1.48.